The van der Waals surface area contributed by atoms with Crippen LogP contribution in [0.1, 0.15) is 53.7 Å². The van der Waals surface area contributed by atoms with Crippen LogP contribution in [-0.4, -0.2) is 32.0 Å². The molecule has 5 rings (SSSR count). The summed E-state index contributed by atoms with van der Waals surface area (Å²) in [6.45, 7) is 8.29. The van der Waals surface area contributed by atoms with Gasteiger partial charge >= 0.3 is 5.63 Å². The van der Waals surface area contributed by atoms with Crippen LogP contribution in [0.25, 0.3) is 17.0 Å². The maximum atomic E-state index is 12.9. The molecule has 0 saturated heterocycles. The van der Waals surface area contributed by atoms with Gasteiger partial charge in [-0.1, -0.05) is 18.2 Å². The highest BCUT2D eigenvalue weighted by molar-refractivity contribution is 6.08. The quantitative estimate of drug-likeness (QED) is 0.297. The molecule has 5 nitrogen and oxygen atoms in total. The number of hydrogen-bond acceptors (Lipinski definition) is 5. The third-order valence-corrected chi connectivity index (χ3v) is 6.93. The second-order valence-electron chi connectivity index (χ2n) is 8.88. The minimum atomic E-state index is -0.557. The van der Waals surface area contributed by atoms with E-state index in [1.54, 1.807) is 12.1 Å². The number of aryl methyl sites for hydroxylation is 2. The monoisotopic (exact) mass is 442 g/mol. The van der Waals surface area contributed by atoms with Crippen LogP contribution >= 0.6 is 0 Å². The summed E-state index contributed by atoms with van der Waals surface area (Å²) < 4.78 is 5.76. The van der Waals surface area contributed by atoms with Gasteiger partial charge in [-0.2, -0.15) is 0 Å². The summed E-state index contributed by atoms with van der Waals surface area (Å²) in [5.74, 6) is -0.327. The Morgan fingerprint density at radius 1 is 1.06 bits per heavy atom. The van der Waals surface area contributed by atoms with Crippen molar-refractivity contribution in [1.29, 1.82) is 0 Å². The highest BCUT2D eigenvalue weighted by Gasteiger charge is 2.27. The summed E-state index contributed by atoms with van der Waals surface area (Å²) in [5, 5.41) is 0.854. The number of carbonyl (C=O) groups is 1. The van der Waals surface area contributed by atoms with Gasteiger partial charge in [-0.15, -0.1) is 0 Å². The fraction of sp³-hybridized carbons (Fsp3) is 0.357. The van der Waals surface area contributed by atoms with Crippen molar-refractivity contribution in [2.45, 2.75) is 39.5 Å². The van der Waals surface area contributed by atoms with Crippen LogP contribution in [0.4, 0.5) is 11.4 Å². The minimum absolute atomic E-state index is 0.0918. The number of nitrogens with zero attached hydrogens (tertiary/aromatic N) is 2. The van der Waals surface area contributed by atoms with E-state index in [1.165, 1.54) is 17.3 Å². The zero-order valence-electron chi connectivity index (χ0n) is 19.4. The molecule has 0 fully saturated rings. The first-order chi connectivity index (χ1) is 16.1. The van der Waals surface area contributed by atoms with Crippen LogP contribution in [0.15, 0.2) is 51.7 Å². The molecule has 0 spiro atoms. The van der Waals surface area contributed by atoms with Crippen LogP contribution in [-0.2, 0) is 12.8 Å². The molecule has 170 valence electrons. The number of ketones is 1. The molecule has 2 aliphatic rings. The Morgan fingerprint density at radius 3 is 2.52 bits per heavy atom. The van der Waals surface area contributed by atoms with E-state index in [1.807, 2.05) is 12.1 Å². The van der Waals surface area contributed by atoms with Gasteiger partial charge in [0, 0.05) is 48.5 Å². The fourth-order valence-electron chi connectivity index (χ4n) is 5.26. The van der Waals surface area contributed by atoms with Crippen LogP contribution in [0.2, 0.25) is 0 Å². The number of carbonyl (C=O) groups excluding carboxylic acids is 1. The van der Waals surface area contributed by atoms with E-state index < -0.39 is 5.63 Å². The molecule has 0 bridgehead atoms. The van der Waals surface area contributed by atoms with E-state index in [9.17, 15) is 9.59 Å². The van der Waals surface area contributed by atoms with Crippen molar-refractivity contribution in [2.75, 3.05) is 36.0 Å². The molecule has 0 radical (unpaired) electrons. The maximum Gasteiger partial charge on any atom is 0.347 e. The third kappa shape index (κ3) is 3.97. The SMILES string of the molecule is CCN(CC)c1ccc(C=CC(=O)c2cc3cc4c5c(c3oc2=O)CCCN5CCC4)cc1. The van der Waals surface area contributed by atoms with E-state index in [-0.39, 0.29) is 11.3 Å². The maximum absolute atomic E-state index is 12.9. The molecular formula is C28H30N2O3. The molecule has 0 N–H and O–H groups in total. The number of anilines is 2. The average Bonchev–Trinajstić information content (AvgIpc) is 2.84. The van der Waals surface area contributed by atoms with Crippen molar-refractivity contribution in [1.82, 2.24) is 0 Å². The molecule has 3 aromatic rings. The first-order valence-electron chi connectivity index (χ1n) is 12.0. The lowest BCUT2D eigenvalue weighted by Gasteiger charge is -2.37. The molecule has 2 aromatic carbocycles. The molecule has 0 unspecified atom stereocenters. The number of benzene rings is 2. The number of fused-ring (bicyclic) bond motifs is 2. The van der Waals surface area contributed by atoms with Crippen molar-refractivity contribution < 1.29 is 9.21 Å². The van der Waals surface area contributed by atoms with Gasteiger partial charge in [-0.05, 0) is 81.0 Å². The normalized spacial score (nSPS) is 15.2. The summed E-state index contributed by atoms with van der Waals surface area (Å²) >= 11 is 0. The van der Waals surface area contributed by atoms with Gasteiger partial charge in [0.15, 0.2) is 5.78 Å². The van der Waals surface area contributed by atoms with E-state index in [4.69, 9.17) is 4.42 Å². The first kappa shape index (κ1) is 21.5. The van der Waals surface area contributed by atoms with Crippen molar-refractivity contribution in [2.24, 2.45) is 0 Å². The van der Waals surface area contributed by atoms with Gasteiger partial charge < -0.3 is 14.2 Å². The summed E-state index contributed by atoms with van der Waals surface area (Å²) in [6.07, 6.45) is 7.36. The highest BCUT2D eigenvalue weighted by Crippen LogP contribution is 2.39. The van der Waals surface area contributed by atoms with Crippen LogP contribution < -0.4 is 15.4 Å². The second-order valence-corrected chi connectivity index (χ2v) is 8.88. The lowest BCUT2D eigenvalue weighted by Crippen LogP contribution is -2.34. The average molecular weight is 443 g/mol. The number of hydrogen-bond donors (Lipinski definition) is 0. The van der Waals surface area contributed by atoms with Gasteiger partial charge in [0.25, 0.3) is 0 Å². The molecule has 3 heterocycles. The zero-order chi connectivity index (χ0) is 22.9. The molecule has 0 saturated carbocycles. The predicted molar refractivity (Wildman–Crippen MR) is 135 cm³/mol. The Bertz CT molecular complexity index is 1280. The molecule has 33 heavy (non-hydrogen) atoms. The Morgan fingerprint density at radius 2 is 1.79 bits per heavy atom. The van der Waals surface area contributed by atoms with E-state index in [0.717, 1.165) is 74.1 Å². The first-order valence-corrected chi connectivity index (χ1v) is 12.0. The van der Waals surface area contributed by atoms with E-state index in [0.29, 0.717) is 5.58 Å². The molecule has 5 heteroatoms. The Labute approximate surface area is 194 Å². The smallest absolute Gasteiger partial charge is 0.347 e. The molecular weight excluding hydrogens is 412 g/mol. The zero-order valence-corrected chi connectivity index (χ0v) is 19.4. The lowest BCUT2D eigenvalue weighted by molar-refractivity contribution is 0.104. The number of allylic oxidation sites excluding steroid dienone is 1. The summed E-state index contributed by atoms with van der Waals surface area (Å²) in [6, 6.07) is 11.9. The third-order valence-electron chi connectivity index (χ3n) is 6.93. The Kier molecular flexibility index (Phi) is 5.79. The standard InChI is InChI=1S/C28H30N2O3/c1-3-29(4-2)22-12-9-19(10-13-22)11-14-25(31)24-18-21-17-20-7-5-15-30-16-6-8-23(26(20)30)27(21)33-28(24)32/h9-14,17-18H,3-8,15-16H2,1-2H3. The van der Waals surface area contributed by atoms with Crippen LogP contribution in [0, 0.1) is 0 Å². The van der Waals surface area contributed by atoms with Gasteiger partial charge in [-0.3, -0.25) is 4.79 Å². The summed E-state index contributed by atoms with van der Waals surface area (Å²) in [4.78, 5) is 30.3. The van der Waals surface area contributed by atoms with Crippen LogP contribution in [0.3, 0.4) is 0 Å². The molecule has 2 aliphatic heterocycles. The second kappa shape index (κ2) is 8.89. The summed E-state index contributed by atoms with van der Waals surface area (Å²) in [7, 11) is 0. The summed E-state index contributed by atoms with van der Waals surface area (Å²) in [5.41, 5.74) is 5.96. The minimum Gasteiger partial charge on any atom is -0.422 e. The highest BCUT2D eigenvalue weighted by atomic mass is 16.4. The van der Waals surface area contributed by atoms with Gasteiger partial charge in [0.2, 0.25) is 0 Å². The number of rotatable bonds is 6. The van der Waals surface area contributed by atoms with Crippen LogP contribution in [0.5, 0.6) is 0 Å². The molecule has 0 aliphatic carbocycles. The van der Waals surface area contributed by atoms with Gasteiger partial charge in [0.05, 0.1) is 0 Å². The van der Waals surface area contributed by atoms with E-state index in [2.05, 4.69) is 41.8 Å². The largest absolute Gasteiger partial charge is 0.422 e. The van der Waals surface area contributed by atoms with E-state index >= 15 is 0 Å². The predicted octanol–water partition coefficient (Wildman–Crippen LogP) is 5.23. The molecule has 0 atom stereocenters. The van der Waals surface area contributed by atoms with Gasteiger partial charge in [-0.25, -0.2) is 4.79 Å². The van der Waals surface area contributed by atoms with Crippen molar-refractivity contribution in [3.8, 4) is 0 Å². The van der Waals surface area contributed by atoms with Crippen molar-refractivity contribution >= 4 is 34.2 Å². The van der Waals surface area contributed by atoms with Crippen molar-refractivity contribution in [3.05, 3.63) is 75.1 Å². The van der Waals surface area contributed by atoms with Gasteiger partial charge in [0.1, 0.15) is 11.1 Å². The fourth-order valence-corrected chi connectivity index (χ4v) is 5.26. The Balaban J connectivity index is 1.45. The lowest BCUT2D eigenvalue weighted by atomic mass is 9.90. The molecule has 1 aromatic heterocycles. The van der Waals surface area contributed by atoms with Crippen molar-refractivity contribution in [3.63, 3.8) is 0 Å². The Hall–Kier alpha value is -3.34. The molecule has 0 amide bonds. The topological polar surface area (TPSA) is 53.8 Å².